The Morgan fingerprint density at radius 3 is 2.42 bits per heavy atom. The fraction of sp³-hybridized carbons (Fsp3) is 0.500. The van der Waals surface area contributed by atoms with E-state index in [9.17, 15) is 4.79 Å². The summed E-state index contributed by atoms with van der Waals surface area (Å²) in [6, 6.07) is 6.98. The minimum absolute atomic E-state index is 0.122. The highest BCUT2D eigenvalue weighted by atomic mass is 35.5. The standard InChI is InChI=1S/C14H21ClN2O2/c1-14(2,13(18)16-9-10-17(3)4)19-12-7-5-11(15)6-8-12/h5-8H,9-10H2,1-4H3,(H,16,18)/p+1. The zero-order valence-corrected chi connectivity index (χ0v) is 12.7. The minimum Gasteiger partial charge on any atom is -0.478 e. The first-order chi connectivity index (χ1) is 8.81. The summed E-state index contributed by atoms with van der Waals surface area (Å²) in [6.45, 7) is 5.01. The van der Waals surface area contributed by atoms with Crippen molar-refractivity contribution in [1.29, 1.82) is 0 Å². The quantitative estimate of drug-likeness (QED) is 0.810. The SMILES string of the molecule is C[NH+](C)CCNC(=O)C(C)(C)Oc1ccc(Cl)cc1. The van der Waals surface area contributed by atoms with Gasteiger partial charge < -0.3 is 15.0 Å². The number of amides is 1. The first-order valence-electron chi connectivity index (χ1n) is 6.33. The van der Waals surface area contributed by atoms with Crippen molar-refractivity contribution in [2.45, 2.75) is 19.4 Å². The van der Waals surface area contributed by atoms with E-state index >= 15 is 0 Å². The summed E-state index contributed by atoms with van der Waals surface area (Å²) in [5.41, 5.74) is -0.907. The Labute approximate surface area is 119 Å². The molecule has 0 fully saturated rings. The number of rotatable bonds is 6. The van der Waals surface area contributed by atoms with Crippen LogP contribution >= 0.6 is 11.6 Å². The van der Waals surface area contributed by atoms with Crippen molar-refractivity contribution in [2.24, 2.45) is 0 Å². The van der Waals surface area contributed by atoms with Gasteiger partial charge in [0.25, 0.3) is 5.91 Å². The van der Waals surface area contributed by atoms with Gasteiger partial charge in [-0.25, -0.2) is 0 Å². The second-order valence-electron chi connectivity index (χ2n) is 5.28. The topological polar surface area (TPSA) is 42.8 Å². The molecule has 0 saturated carbocycles. The van der Waals surface area contributed by atoms with E-state index in [0.717, 1.165) is 6.54 Å². The predicted octanol–water partition coefficient (Wildman–Crippen LogP) is 0.758. The van der Waals surface area contributed by atoms with Crippen molar-refractivity contribution in [1.82, 2.24) is 5.32 Å². The lowest BCUT2D eigenvalue weighted by atomic mass is 10.1. The van der Waals surface area contributed by atoms with Gasteiger partial charge in [0.15, 0.2) is 5.60 Å². The lowest BCUT2D eigenvalue weighted by molar-refractivity contribution is -0.856. The Morgan fingerprint density at radius 1 is 1.32 bits per heavy atom. The van der Waals surface area contributed by atoms with E-state index in [4.69, 9.17) is 16.3 Å². The van der Waals surface area contributed by atoms with E-state index in [1.807, 2.05) is 14.1 Å². The molecule has 4 nitrogen and oxygen atoms in total. The molecule has 0 atom stereocenters. The molecule has 0 aliphatic carbocycles. The highest BCUT2D eigenvalue weighted by Crippen LogP contribution is 2.20. The first-order valence-corrected chi connectivity index (χ1v) is 6.71. The molecule has 0 unspecified atom stereocenters. The minimum atomic E-state index is -0.907. The van der Waals surface area contributed by atoms with E-state index in [-0.39, 0.29) is 5.91 Å². The number of benzene rings is 1. The molecule has 5 heteroatoms. The van der Waals surface area contributed by atoms with Crippen molar-refractivity contribution >= 4 is 17.5 Å². The van der Waals surface area contributed by atoms with Gasteiger partial charge in [0.1, 0.15) is 5.75 Å². The highest BCUT2D eigenvalue weighted by molar-refractivity contribution is 6.30. The third kappa shape index (κ3) is 5.49. The van der Waals surface area contributed by atoms with Crippen molar-refractivity contribution in [3.05, 3.63) is 29.3 Å². The molecule has 0 radical (unpaired) electrons. The van der Waals surface area contributed by atoms with E-state index in [2.05, 4.69) is 5.32 Å². The van der Waals surface area contributed by atoms with Gasteiger partial charge in [0.2, 0.25) is 0 Å². The van der Waals surface area contributed by atoms with Crippen molar-refractivity contribution in [2.75, 3.05) is 27.2 Å². The van der Waals surface area contributed by atoms with Gasteiger partial charge in [-0.2, -0.15) is 0 Å². The number of hydrogen-bond acceptors (Lipinski definition) is 2. The van der Waals surface area contributed by atoms with Crippen LogP contribution in [0.3, 0.4) is 0 Å². The molecule has 0 heterocycles. The van der Waals surface area contributed by atoms with Crippen molar-refractivity contribution < 1.29 is 14.4 Å². The lowest BCUT2D eigenvalue weighted by Crippen LogP contribution is -3.06. The number of likely N-dealkylation sites (N-methyl/N-ethyl adjacent to an activating group) is 1. The van der Waals surface area contributed by atoms with E-state index in [0.29, 0.717) is 17.3 Å². The van der Waals surface area contributed by atoms with Crippen LogP contribution in [0.1, 0.15) is 13.8 Å². The van der Waals surface area contributed by atoms with Gasteiger partial charge in [-0.1, -0.05) is 11.6 Å². The van der Waals surface area contributed by atoms with Crippen LogP contribution < -0.4 is 15.0 Å². The highest BCUT2D eigenvalue weighted by Gasteiger charge is 2.29. The van der Waals surface area contributed by atoms with Gasteiger partial charge >= 0.3 is 0 Å². The van der Waals surface area contributed by atoms with Crippen molar-refractivity contribution in [3.8, 4) is 5.75 Å². The molecule has 0 spiro atoms. The smallest absolute Gasteiger partial charge is 0.263 e. The van der Waals surface area contributed by atoms with Crippen LogP contribution in [0.25, 0.3) is 0 Å². The molecule has 0 aliphatic heterocycles. The third-order valence-corrected chi connectivity index (χ3v) is 2.90. The molecule has 0 aromatic heterocycles. The molecular formula is C14H22ClN2O2+. The molecule has 1 amide bonds. The average molecular weight is 286 g/mol. The Kier molecular flexibility index (Phi) is 5.63. The molecule has 1 rings (SSSR count). The van der Waals surface area contributed by atoms with Crippen LogP contribution in [-0.4, -0.2) is 38.7 Å². The fourth-order valence-corrected chi connectivity index (χ4v) is 1.61. The Balaban J connectivity index is 2.54. The molecule has 0 aliphatic rings. The number of quaternary nitrogens is 1. The molecule has 2 N–H and O–H groups in total. The maximum atomic E-state index is 12.0. The third-order valence-electron chi connectivity index (χ3n) is 2.64. The molecule has 0 saturated heterocycles. The molecular weight excluding hydrogens is 264 g/mol. The summed E-state index contributed by atoms with van der Waals surface area (Å²) >= 11 is 5.81. The van der Waals surface area contributed by atoms with Gasteiger partial charge in [0.05, 0.1) is 27.2 Å². The molecule has 106 valence electrons. The average Bonchev–Trinajstić information content (AvgIpc) is 2.31. The summed E-state index contributed by atoms with van der Waals surface area (Å²) < 4.78 is 5.70. The molecule has 19 heavy (non-hydrogen) atoms. The van der Waals surface area contributed by atoms with E-state index in [1.54, 1.807) is 38.1 Å². The van der Waals surface area contributed by atoms with E-state index in [1.165, 1.54) is 4.90 Å². The Hall–Kier alpha value is -1.26. The molecule has 1 aromatic carbocycles. The van der Waals surface area contributed by atoms with Crippen LogP contribution in [-0.2, 0) is 4.79 Å². The van der Waals surface area contributed by atoms with Crippen LogP contribution in [0.5, 0.6) is 5.75 Å². The summed E-state index contributed by atoms with van der Waals surface area (Å²) in [4.78, 5) is 13.3. The Bertz CT molecular complexity index is 416. The van der Waals surface area contributed by atoms with Gasteiger partial charge in [0, 0.05) is 5.02 Å². The zero-order valence-electron chi connectivity index (χ0n) is 11.9. The van der Waals surface area contributed by atoms with Crippen LogP contribution in [0.15, 0.2) is 24.3 Å². The van der Waals surface area contributed by atoms with Crippen LogP contribution in [0.4, 0.5) is 0 Å². The predicted molar refractivity (Wildman–Crippen MR) is 76.8 cm³/mol. The molecule has 1 aromatic rings. The second-order valence-corrected chi connectivity index (χ2v) is 5.72. The molecule has 0 bridgehead atoms. The van der Waals surface area contributed by atoms with Crippen molar-refractivity contribution in [3.63, 3.8) is 0 Å². The maximum Gasteiger partial charge on any atom is 0.263 e. The zero-order chi connectivity index (χ0) is 14.5. The summed E-state index contributed by atoms with van der Waals surface area (Å²) in [5.74, 6) is 0.506. The van der Waals surface area contributed by atoms with Gasteiger partial charge in [-0.15, -0.1) is 0 Å². The monoisotopic (exact) mass is 285 g/mol. The lowest BCUT2D eigenvalue weighted by Gasteiger charge is -2.25. The summed E-state index contributed by atoms with van der Waals surface area (Å²) in [7, 11) is 4.09. The summed E-state index contributed by atoms with van der Waals surface area (Å²) in [6.07, 6.45) is 0. The fourth-order valence-electron chi connectivity index (χ4n) is 1.48. The number of carbonyl (C=O) groups excluding carboxylic acids is 1. The largest absolute Gasteiger partial charge is 0.478 e. The van der Waals surface area contributed by atoms with Crippen LogP contribution in [0.2, 0.25) is 5.02 Å². The van der Waals surface area contributed by atoms with E-state index < -0.39 is 5.60 Å². The Morgan fingerprint density at radius 2 is 1.89 bits per heavy atom. The second kappa shape index (κ2) is 6.78. The number of ether oxygens (including phenoxy) is 1. The summed E-state index contributed by atoms with van der Waals surface area (Å²) in [5, 5.41) is 3.52. The van der Waals surface area contributed by atoms with Crippen LogP contribution in [0, 0.1) is 0 Å². The normalized spacial score (nSPS) is 11.5. The van der Waals surface area contributed by atoms with Gasteiger partial charge in [-0.3, -0.25) is 4.79 Å². The number of halogens is 1. The van der Waals surface area contributed by atoms with Gasteiger partial charge in [-0.05, 0) is 38.1 Å². The maximum absolute atomic E-state index is 12.0. The number of hydrogen-bond donors (Lipinski definition) is 2. The first kappa shape index (κ1) is 15.8. The number of carbonyl (C=O) groups is 1. The number of nitrogens with one attached hydrogen (secondary N) is 2.